The van der Waals surface area contributed by atoms with Crippen molar-refractivity contribution >= 4 is 11.8 Å². The molecule has 1 aliphatic heterocycles. The number of pyridine rings is 1. The smallest absolute Gasteiger partial charge is 0.264 e. The quantitative estimate of drug-likeness (QED) is 0.608. The molecule has 90 valence electrons. The Morgan fingerprint density at radius 3 is 3.24 bits per heavy atom. The highest BCUT2D eigenvalue weighted by Crippen LogP contribution is 2.27. The van der Waals surface area contributed by atoms with Crippen LogP contribution in [0.5, 0.6) is 0 Å². The zero-order valence-corrected chi connectivity index (χ0v) is 10.1. The third kappa shape index (κ3) is 3.45. The Balaban J connectivity index is 2.09. The summed E-state index contributed by atoms with van der Waals surface area (Å²) in [6.07, 6.45) is 5.67. The van der Waals surface area contributed by atoms with Gasteiger partial charge in [-0.1, -0.05) is 6.07 Å². The standard InChI is InChI=1S/C11H13N3O2S/c15-14(16)9-11-13(5-2-6-17-11)8-10-3-1-4-12-7-10/h1,3-4,7,9H,2,5-6,8H2/b11-9-. The molecular formula is C11H13N3O2S. The molecule has 0 aromatic carbocycles. The number of hydrogen-bond acceptors (Lipinski definition) is 5. The van der Waals surface area contributed by atoms with Crippen molar-refractivity contribution in [1.29, 1.82) is 0 Å². The summed E-state index contributed by atoms with van der Waals surface area (Å²) in [7, 11) is 0. The maximum atomic E-state index is 10.5. The monoisotopic (exact) mass is 251 g/mol. The normalized spacial score (nSPS) is 18.4. The van der Waals surface area contributed by atoms with Gasteiger partial charge in [-0.25, -0.2) is 0 Å². The molecule has 2 heterocycles. The lowest BCUT2D eigenvalue weighted by Gasteiger charge is -2.29. The number of nitro groups is 1. The van der Waals surface area contributed by atoms with Crippen LogP contribution in [0.4, 0.5) is 0 Å². The molecule has 0 atom stereocenters. The molecule has 0 spiro atoms. The van der Waals surface area contributed by atoms with Gasteiger partial charge in [0.15, 0.2) is 0 Å². The summed E-state index contributed by atoms with van der Waals surface area (Å²) in [6, 6.07) is 3.86. The molecule has 1 aliphatic rings. The first-order valence-electron chi connectivity index (χ1n) is 5.37. The minimum absolute atomic E-state index is 0.385. The summed E-state index contributed by atoms with van der Waals surface area (Å²) in [4.78, 5) is 16.2. The molecular weight excluding hydrogens is 238 g/mol. The van der Waals surface area contributed by atoms with Gasteiger partial charge in [-0.15, -0.1) is 11.8 Å². The summed E-state index contributed by atoms with van der Waals surface area (Å²) in [6.45, 7) is 1.54. The number of thioether (sulfide) groups is 1. The SMILES string of the molecule is O=[N+]([O-])/C=C1\SCCCN1Cc1cccnc1. The van der Waals surface area contributed by atoms with Gasteiger partial charge in [0, 0.05) is 31.2 Å². The molecule has 0 saturated carbocycles. The van der Waals surface area contributed by atoms with Gasteiger partial charge in [0.1, 0.15) is 5.03 Å². The highest BCUT2D eigenvalue weighted by Gasteiger charge is 2.18. The number of hydrogen-bond donors (Lipinski definition) is 0. The summed E-state index contributed by atoms with van der Waals surface area (Å²) >= 11 is 1.54. The van der Waals surface area contributed by atoms with Crippen molar-refractivity contribution in [2.75, 3.05) is 12.3 Å². The lowest BCUT2D eigenvalue weighted by atomic mass is 10.2. The van der Waals surface area contributed by atoms with Crippen LogP contribution in [0.15, 0.2) is 35.8 Å². The van der Waals surface area contributed by atoms with E-state index in [1.54, 1.807) is 24.2 Å². The van der Waals surface area contributed by atoms with E-state index < -0.39 is 0 Å². The third-order valence-electron chi connectivity index (χ3n) is 2.45. The van der Waals surface area contributed by atoms with Gasteiger partial charge < -0.3 is 4.90 Å². The van der Waals surface area contributed by atoms with Crippen molar-refractivity contribution in [2.24, 2.45) is 0 Å². The summed E-state index contributed by atoms with van der Waals surface area (Å²) in [5.41, 5.74) is 1.07. The van der Waals surface area contributed by atoms with Gasteiger partial charge in [0.05, 0.1) is 4.92 Å². The first-order valence-corrected chi connectivity index (χ1v) is 6.36. The van der Waals surface area contributed by atoms with E-state index in [1.807, 2.05) is 17.0 Å². The first kappa shape index (κ1) is 11.9. The molecule has 0 bridgehead atoms. The molecule has 0 aliphatic carbocycles. The number of nitrogens with zero attached hydrogens (tertiary/aromatic N) is 3. The maximum Gasteiger partial charge on any atom is 0.264 e. The van der Waals surface area contributed by atoms with Crippen LogP contribution in [0.2, 0.25) is 0 Å². The summed E-state index contributed by atoms with van der Waals surface area (Å²) < 4.78 is 0. The van der Waals surface area contributed by atoms with Gasteiger partial charge in [0.2, 0.25) is 0 Å². The lowest BCUT2D eigenvalue weighted by Crippen LogP contribution is -2.27. The molecule has 2 rings (SSSR count). The van der Waals surface area contributed by atoms with E-state index in [0.717, 1.165) is 35.5 Å². The van der Waals surface area contributed by atoms with E-state index in [2.05, 4.69) is 4.98 Å². The predicted octanol–water partition coefficient (Wildman–Crippen LogP) is 2.10. The Morgan fingerprint density at radius 2 is 2.53 bits per heavy atom. The third-order valence-corrected chi connectivity index (χ3v) is 3.60. The Hall–Kier alpha value is -1.56. The highest BCUT2D eigenvalue weighted by atomic mass is 32.2. The van der Waals surface area contributed by atoms with Crippen LogP contribution in [-0.2, 0) is 6.54 Å². The van der Waals surface area contributed by atoms with Crippen LogP contribution in [-0.4, -0.2) is 27.1 Å². The summed E-state index contributed by atoms with van der Waals surface area (Å²) in [5, 5.41) is 11.3. The fourth-order valence-corrected chi connectivity index (χ4v) is 2.69. The van der Waals surface area contributed by atoms with Gasteiger partial charge in [-0.05, 0) is 18.1 Å². The van der Waals surface area contributed by atoms with Crippen molar-refractivity contribution in [3.05, 3.63) is 51.4 Å². The number of rotatable bonds is 3. The molecule has 1 aromatic heterocycles. The molecule has 1 fully saturated rings. The van der Waals surface area contributed by atoms with Crippen LogP contribution in [0, 0.1) is 10.1 Å². The van der Waals surface area contributed by atoms with Gasteiger partial charge in [-0.3, -0.25) is 15.1 Å². The fourth-order valence-electron chi connectivity index (χ4n) is 1.71. The van der Waals surface area contributed by atoms with Crippen molar-refractivity contribution in [3.63, 3.8) is 0 Å². The van der Waals surface area contributed by atoms with Crippen LogP contribution in [0.1, 0.15) is 12.0 Å². The zero-order chi connectivity index (χ0) is 12.1. The van der Waals surface area contributed by atoms with Crippen molar-refractivity contribution < 1.29 is 4.92 Å². The highest BCUT2D eigenvalue weighted by molar-refractivity contribution is 8.03. The fraction of sp³-hybridized carbons (Fsp3) is 0.364. The molecule has 5 nitrogen and oxygen atoms in total. The first-order chi connectivity index (χ1) is 8.25. The molecule has 1 aromatic rings. The topological polar surface area (TPSA) is 59.3 Å². The van der Waals surface area contributed by atoms with E-state index in [-0.39, 0.29) is 4.92 Å². The minimum atomic E-state index is -0.385. The van der Waals surface area contributed by atoms with Crippen LogP contribution < -0.4 is 0 Å². The molecule has 6 heteroatoms. The van der Waals surface area contributed by atoms with Crippen molar-refractivity contribution in [2.45, 2.75) is 13.0 Å². The van der Waals surface area contributed by atoms with E-state index >= 15 is 0 Å². The lowest BCUT2D eigenvalue weighted by molar-refractivity contribution is -0.403. The van der Waals surface area contributed by atoms with E-state index in [9.17, 15) is 10.1 Å². The van der Waals surface area contributed by atoms with Crippen molar-refractivity contribution in [1.82, 2.24) is 9.88 Å². The second-order valence-corrected chi connectivity index (χ2v) is 4.85. The number of aromatic nitrogens is 1. The van der Waals surface area contributed by atoms with Gasteiger partial charge in [0.25, 0.3) is 6.20 Å². The Labute approximate surface area is 104 Å². The Bertz CT molecular complexity index is 422. The zero-order valence-electron chi connectivity index (χ0n) is 9.28. The average molecular weight is 251 g/mol. The molecule has 17 heavy (non-hydrogen) atoms. The molecule has 0 unspecified atom stereocenters. The average Bonchev–Trinajstić information content (AvgIpc) is 2.32. The van der Waals surface area contributed by atoms with Gasteiger partial charge >= 0.3 is 0 Å². The van der Waals surface area contributed by atoms with Gasteiger partial charge in [-0.2, -0.15) is 0 Å². The molecule has 0 radical (unpaired) electrons. The van der Waals surface area contributed by atoms with E-state index in [4.69, 9.17) is 0 Å². The van der Waals surface area contributed by atoms with Crippen LogP contribution in [0.25, 0.3) is 0 Å². The molecule has 0 amide bonds. The van der Waals surface area contributed by atoms with E-state index in [1.165, 1.54) is 0 Å². The molecule has 0 N–H and O–H groups in total. The van der Waals surface area contributed by atoms with Crippen molar-refractivity contribution in [3.8, 4) is 0 Å². The Morgan fingerprint density at radius 1 is 1.65 bits per heavy atom. The van der Waals surface area contributed by atoms with Crippen LogP contribution >= 0.6 is 11.8 Å². The second kappa shape index (κ2) is 5.67. The maximum absolute atomic E-state index is 10.5. The van der Waals surface area contributed by atoms with Crippen LogP contribution in [0.3, 0.4) is 0 Å². The predicted molar refractivity (Wildman–Crippen MR) is 66.8 cm³/mol. The Kier molecular flexibility index (Phi) is 3.98. The second-order valence-electron chi connectivity index (χ2n) is 3.74. The largest absolute Gasteiger partial charge is 0.357 e. The molecule has 1 saturated heterocycles. The van der Waals surface area contributed by atoms with E-state index in [0.29, 0.717) is 6.54 Å². The summed E-state index contributed by atoms with van der Waals surface area (Å²) in [5.74, 6) is 0.948. The minimum Gasteiger partial charge on any atom is -0.357 e.